The van der Waals surface area contributed by atoms with Gasteiger partial charge in [0.05, 0.1) is 39.8 Å². The fourth-order valence-corrected chi connectivity index (χ4v) is 3.13. The van der Waals surface area contributed by atoms with Gasteiger partial charge in [-0.15, -0.1) is 0 Å². The SMILES string of the molecule is C=CC[N+]1(C)CCN(c2nc3cc(C)cc(C)c3o2)CC1. The number of quaternary nitrogens is 1. The molecule has 0 spiro atoms. The van der Waals surface area contributed by atoms with Gasteiger partial charge in [0.15, 0.2) is 5.58 Å². The number of benzene rings is 1. The summed E-state index contributed by atoms with van der Waals surface area (Å²) in [6, 6.07) is 5.01. The predicted octanol–water partition coefficient (Wildman–Crippen LogP) is 2.90. The molecule has 1 aromatic heterocycles. The molecule has 4 heteroatoms. The lowest BCUT2D eigenvalue weighted by molar-refractivity contribution is -0.904. The van der Waals surface area contributed by atoms with Gasteiger partial charge in [-0.05, 0) is 37.1 Å². The van der Waals surface area contributed by atoms with Gasteiger partial charge in [0.25, 0.3) is 6.01 Å². The molecule has 3 rings (SSSR count). The highest BCUT2D eigenvalue weighted by molar-refractivity contribution is 5.78. The molecule has 0 aliphatic carbocycles. The number of oxazole rings is 1. The first kappa shape index (κ1) is 14.1. The molecular formula is C17H24N3O+. The van der Waals surface area contributed by atoms with Crippen LogP contribution in [0.2, 0.25) is 0 Å². The fraction of sp³-hybridized carbons (Fsp3) is 0.471. The van der Waals surface area contributed by atoms with Crippen molar-refractivity contribution < 1.29 is 8.90 Å². The van der Waals surface area contributed by atoms with Crippen molar-refractivity contribution in [1.29, 1.82) is 0 Å². The van der Waals surface area contributed by atoms with E-state index in [1.54, 1.807) is 0 Å². The third-order valence-corrected chi connectivity index (χ3v) is 4.47. The highest BCUT2D eigenvalue weighted by atomic mass is 16.4. The van der Waals surface area contributed by atoms with Crippen LogP contribution in [0.3, 0.4) is 0 Å². The Hall–Kier alpha value is -1.81. The summed E-state index contributed by atoms with van der Waals surface area (Å²) < 4.78 is 7.06. The topological polar surface area (TPSA) is 29.3 Å². The minimum atomic E-state index is 0.767. The molecule has 1 aliphatic heterocycles. The van der Waals surface area contributed by atoms with E-state index in [1.165, 1.54) is 5.56 Å². The number of likely N-dealkylation sites (N-methyl/N-ethyl adjacent to an activating group) is 1. The summed E-state index contributed by atoms with van der Waals surface area (Å²) in [5.74, 6) is 0. The van der Waals surface area contributed by atoms with E-state index in [9.17, 15) is 0 Å². The maximum absolute atomic E-state index is 6.01. The Labute approximate surface area is 126 Å². The van der Waals surface area contributed by atoms with Gasteiger partial charge in [-0.2, -0.15) is 4.98 Å². The first-order chi connectivity index (χ1) is 10.0. The molecule has 2 heterocycles. The Kier molecular flexibility index (Phi) is 3.49. The summed E-state index contributed by atoms with van der Waals surface area (Å²) in [4.78, 5) is 6.95. The molecular weight excluding hydrogens is 262 g/mol. The van der Waals surface area contributed by atoms with Crippen molar-refractivity contribution in [3.63, 3.8) is 0 Å². The van der Waals surface area contributed by atoms with Crippen molar-refractivity contribution in [1.82, 2.24) is 4.98 Å². The molecule has 1 fully saturated rings. The molecule has 2 aromatic rings. The van der Waals surface area contributed by atoms with E-state index in [-0.39, 0.29) is 0 Å². The van der Waals surface area contributed by atoms with Crippen LogP contribution in [-0.4, -0.2) is 49.2 Å². The Morgan fingerprint density at radius 1 is 1.33 bits per heavy atom. The second kappa shape index (κ2) is 5.19. The Morgan fingerprint density at radius 3 is 2.71 bits per heavy atom. The lowest BCUT2D eigenvalue weighted by atomic mass is 10.1. The lowest BCUT2D eigenvalue weighted by Gasteiger charge is -2.40. The monoisotopic (exact) mass is 286 g/mol. The smallest absolute Gasteiger partial charge is 0.298 e. The summed E-state index contributed by atoms with van der Waals surface area (Å²) in [5, 5.41) is 0. The molecule has 0 N–H and O–H groups in total. The van der Waals surface area contributed by atoms with Crippen LogP contribution in [0.25, 0.3) is 11.1 Å². The van der Waals surface area contributed by atoms with E-state index < -0.39 is 0 Å². The first-order valence-electron chi connectivity index (χ1n) is 7.58. The summed E-state index contributed by atoms with van der Waals surface area (Å²) in [7, 11) is 2.29. The maximum Gasteiger partial charge on any atom is 0.298 e. The number of hydrogen-bond acceptors (Lipinski definition) is 3. The van der Waals surface area contributed by atoms with E-state index in [2.05, 4.69) is 49.5 Å². The van der Waals surface area contributed by atoms with E-state index in [0.29, 0.717) is 0 Å². The fourth-order valence-electron chi connectivity index (χ4n) is 3.13. The van der Waals surface area contributed by atoms with Crippen molar-refractivity contribution >= 4 is 17.1 Å². The Morgan fingerprint density at radius 2 is 2.05 bits per heavy atom. The van der Waals surface area contributed by atoms with Crippen molar-refractivity contribution in [2.24, 2.45) is 0 Å². The standard InChI is InChI=1S/C17H24N3O/c1-5-8-20(4)9-6-19(7-10-20)17-18-15-12-13(2)11-14(3)16(15)21-17/h5,11-12H,1,6-10H2,2-4H3/q+1. The molecule has 0 saturated carbocycles. The Bertz CT molecular complexity index is 666. The number of hydrogen-bond donors (Lipinski definition) is 0. The van der Waals surface area contributed by atoms with Gasteiger partial charge in [-0.25, -0.2) is 0 Å². The van der Waals surface area contributed by atoms with Gasteiger partial charge >= 0.3 is 0 Å². The second-order valence-electron chi connectivity index (χ2n) is 6.45. The molecule has 21 heavy (non-hydrogen) atoms. The predicted molar refractivity (Wildman–Crippen MR) is 86.7 cm³/mol. The largest absolute Gasteiger partial charge is 0.423 e. The summed E-state index contributed by atoms with van der Waals surface area (Å²) >= 11 is 0. The van der Waals surface area contributed by atoms with Crippen molar-refractivity contribution in [2.75, 3.05) is 44.7 Å². The molecule has 0 amide bonds. The van der Waals surface area contributed by atoms with Crippen LogP contribution in [0.15, 0.2) is 29.2 Å². The van der Waals surface area contributed by atoms with Crippen LogP contribution in [0, 0.1) is 13.8 Å². The molecule has 1 saturated heterocycles. The maximum atomic E-state index is 6.01. The minimum absolute atomic E-state index is 0.767. The Balaban J connectivity index is 1.83. The van der Waals surface area contributed by atoms with Crippen LogP contribution < -0.4 is 4.90 Å². The quantitative estimate of drug-likeness (QED) is 0.642. The summed E-state index contributed by atoms with van der Waals surface area (Å²) in [6.45, 7) is 13.2. The van der Waals surface area contributed by atoms with E-state index >= 15 is 0 Å². The number of aryl methyl sites for hydroxylation is 2. The summed E-state index contributed by atoms with van der Waals surface area (Å²) in [5.41, 5.74) is 4.28. The molecule has 0 unspecified atom stereocenters. The van der Waals surface area contributed by atoms with Crippen LogP contribution in [0.1, 0.15) is 11.1 Å². The normalized spacial score (nSPS) is 18.1. The third kappa shape index (κ3) is 2.68. The van der Waals surface area contributed by atoms with Gasteiger partial charge < -0.3 is 13.8 Å². The second-order valence-corrected chi connectivity index (χ2v) is 6.45. The molecule has 4 nitrogen and oxygen atoms in total. The number of anilines is 1. The zero-order chi connectivity index (χ0) is 15.0. The highest BCUT2D eigenvalue weighted by Gasteiger charge is 2.29. The van der Waals surface area contributed by atoms with E-state index in [4.69, 9.17) is 4.42 Å². The van der Waals surface area contributed by atoms with Crippen LogP contribution in [-0.2, 0) is 0 Å². The van der Waals surface area contributed by atoms with Crippen LogP contribution in [0.4, 0.5) is 6.01 Å². The summed E-state index contributed by atoms with van der Waals surface area (Å²) in [6.07, 6.45) is 2.02. The van der Waals surface area contributed by atoms with Crippen LogP contribution in [0.5, 0.6) is 0 Å². The van der Waals surface area contributed by atoms with E-state index in [0.717, 1.165) is 59.9 Å². The minimum Gasteiger partial charge on any atom is -0.423 e. The average Bonchev–Trinajstić information content (AvgIpc) is 2.83. The molecule has 0 bridgehead atoms. The van der Waals surface area contributed by atoms with Gasteiger partial charge in [0, 0.05) is 0 Å². The van der Waals surface area contributed by atoms with Crippen molar-refractivity contribution in [3.8, 4) is 0 Å². The highest BCUT2D eigenvalue weighted by Crippen LogP contribution is 2.27. The number of nitrogens with zero attached hydrogens (tertiary/aromatic N) is 3. The van der Waals surface area contributed by atoms with Gasteiger partial charge in [0.2, 0.25) is 0 Å². The van der Waals surface area contributed by atoms with Gasteiger partial charge in [0.1, 0.15) is 5.52 Å². The van der Waals surface area contributed by atoms with Crippen molar-refractivity contribution in [3.05, 3.63) is 35.9 Å². The zero-order valence-corrected chi connectivity index (χ0v) is 13.2. The number of aromatic nitrogens is 1. The number of piperazine rings is 1. The lowest BCUT2D eigenvalue weighted by Crippen LogP contribution is -2.57. The molecule has 0 radical (unpaired) electrons. The number of fused-ring (bicyclic) bond motifs is 1. The molecule has 1 aromatic carbocycles. The van der Waals surface area contributed by atoms with Crippen LogP contribution >= 0.6 is 0 Å². The first-order valence-corrected chi connectivity index (χ1v) is 7.58. The molecule has 112 valence electrons. The van der Waals surface area contributed by atoms with E-state index in [1.807, 2.05) is 6.08 Å². The van der Waals surface area contributed by atoms with Crippen molar-refractivity contribution in [2.45, 2.75) is 13.8 Å². The van der Waals surface area contributed by atoms with Gasteiger partial charge in [-0.1, -0.05) is 12.6 Å². The number of rotatable bonds is 3. The zero-order valence-electron chi connectivity index (χ0n) is 13.2. The molecule has 1 aliphatic rings. The third-order valence-electron chi connectivity index (χ3n) is 4.47. The van der Waals surface area contributed by atoms with Gasteiger partial charge in [-0.3, -0.25) is 0 Å². The average molecular weight is 286 g/mol. The molecule has 0 atom stereocenters.